The molecule has 0 heterocycles. The third kappa shape index (κ3) is 7.01. The summed E-state index contributed by atoms with van der Waals surface area (Å²) in [6, 6.07) is 16.1. The Morgan fingerprint density at radius 1 is 1.00 bits per heavy atom. The molecule has 30 heavy (non-hydrogen) atoms. The molecule has 2 aromatic carbocycles. The van der Waals surface area contributed by atoms with Crippen LogP contribution in [0.5, 0.6) is 0 Å². The number of nitrogens with zero attached hydrogens (tertiary/aromatic N) is 1. The third-order valence-corrected chi connectivity index (χ3v) is 5.43. The fraction of sp³-hybridized carbons (Fsp3) is 0.462. The summed E-state index contributed by atoms with van der Waals surface area (Å²) in [6.45, 7) is 11.3. The Hall–Kier alpha value is -2.62. The summed E-state index contributed by atoms with van der Waals surface area (Å²) in [4.78, 5) is 27.4. The highest BCUT2D eigenvalue weighted by Gasteiger charge is 2.25. The minimum atomic E-state index is -0.507. The van der Waals surface area contributed by atoms with Crippen LogP contribution >= 0.6 is 0 Å². The third-order valence-electron chi connectivity index (χ3n) is 5.43. The van der Waals surface area contributed by atoms with Crippen LogP contribution in [0.4, 0.5) is 0 Å². The van der Waals surface area contributed by atoms with Crippen LogP contribution in [0.15, 0.2) is 48.5 Å². The highest BCUT2D eigenvalue weighted by atomic mass is 16.2. The van der Waals surface area contributed by atoms with E-state index in [1.807, 2.05) is 39.0 Å². The van der Waals surface area contributed by atoms with E-state index >= 15 is 0 Å². The summed E-state index contributed by atoms with van der Waals surface area (Å²) in [7, 11) is 0. The number of hydrogen-bond acceptors (Lipinski definition) is 2. The Morgan fingerprint density at radius 2 is 1.70 bits per heavy atom. The molecule has 0 saturated carbocycles. The molecule has 1 atom stereocenters. The summed E-state index contributed by atoms with van der Waals surface area (Å²) in [6.07, 6.45) is 1.93. The van der Waals surface area contributed by atoms with Crippen LogP contribution in [0, 0.1) is 6.92 Å². The van der Waals surface area contributed by atoms with Gasteiger partial charge in [0.1, 0.15) is 6.04 Å². The van der Waals surface area contributed by atoms with Crippen molar-refractivity contribution in [3.8, 4) is 0 Å². The van der Waals surface area contributed by atoms with Crippen molar-refractivity contribution < 1.29 is 9.59 Å². The van der Waals surface area contributed by atoms with Gasteiger partial charge < -0.3 is 10.2 Å². The Balaban J connectivity index is 2.11. The fourth-order valence-electron chi connectivity index (χ4n) is 3.45. The molecule has 0 saturated heterocycles. The molecular formula is C26H36N2O2. The number of rotatable bonds is 10. The van der Waals surface area contributed by atoms with E-state index in [2.05, 4.69) is 49.5 Å². The Kier molecular flexibility index (Phi) is 9.10. The lowest BCUT2D eigenvalue weighted by Gasteiger charge is -2.29. The van der Waals surface area contributed by atoms with Gasteiger partial charge in [0.15, 0.2) is 0 Å². The molecule has 0 bridgehead atoms. The maximum Gasteiger partial charge on any atom is 0.242 e. The largest absolute Gasteiger partial charge is 0.354 e. The number of carbonyl (C=O) groups excluding carboxylic acids is 2. The zero-order valence-corrected chi connectivity index (χ0v) is 19.1. The first-order valence-electron chi connectivity index (χ1n) is 11.0. The number of aryl methyl sites for hydroxylation is 2. The van der Waals surface area contributed by atoms with Crippen molar-refractivity contribution in [3.63, 3.8) is 0 Å². The lowest BCUT2D eigenvalue weighted by Crippen LogP contribution is -2.47. The van der Waals surface area contributed by atoms with Gasteiger partial charge in [0.25, 0.3) is 0 Å². The molecule has 1 unspecified atom stereocenters. The molecule has 0 aliphatic carbocycles. The van der Waals surface area contributed by atoms with Crippen molar-refractivity contribution in [2.75, 3.05) is 6.54 Å². The maximum atomic E-state index is 13.1. The topological polar surface area (TPSA) is 49.4 Å². The average Bonchev–Trinajstić information content (AvgIpc) is 2.74. The molecule has 0 fully saturated rings. The highest BCUT2D eigenvalue weighted by Crippen LogP contribution is 2.17. The van der Waals surface area contributed by atoms with E-state index in [1.165, 1.54) is 5.56 Å². The lowest BCUT2D eigenvalue weighted by molar-refractivity contribution is -0.140. The molecule has 2 rings (SSSR count). The van der Waals surface area contributed by atoms with Crippen LogP contribution in [0.1, 0.15) is 68.7 Å². The molecule has 162 valence electrons. The second-order valence-corrected chi connectivity index (χ2v) is 8.37. The monoisotopic (exact) mass is 408 g/mol. The van der Waals surface area contributed by atoms with Gasteiger partial charge in [-0.15, -0.1) is 0 Å². The molecule has 0 radical (unpaired) electrons. The van der Waals surface area contributed by atoms with Gasteiger partial charge in [-0.3, -0.25) is 9.59 Å². The van der Waals surface area contributed by atoms with E-state index in [-0.39, 0.29) is 11.8 Å². The maximum absolute atomic E-state index is 13.1. The molecule has 0 aliphatic rings. The quantitative estimate of drug-likeness (QED) is 0.602. The van der Waals surface area contributed by atoms with E-state index < -0.39 is 6.04 Å². The minimum Gasteiger partial charge on any atom is -0.354 e. The molecule has 0 aliphatic heterocycles. The van der Waals surface area contributed by atoms with Gasteiger partial charge in [-0.05, 0) is 49.3 Å². The van der Waals surface area contributed by atoms with Crippen LogP contribution in [0.25, 0.3) is 0 Å². The lowest BCUT2D eigenvalue weighted by atomic mass is 10.00. The van der Waals surface area contributed by atoms with Gasteiger partial charge in [-0.25, -0.2) is 0 Å². The van der Waals surface area contributed by atoms with Crippen LogP contribution in [0.2, 0.25) is 0 Å². The Morgan fingerprint density at radius 3 is 2.30 bits per heavy atom. The van der Waals surface area contributed by atoms with Gasteiger partial charge in [0, 0.05) is 19.5 Å². The second-order valence-electron chi connectivity index (χ2n) is 8.37. The molecule has 2 aromatic rings. The number of carbonyl (C=O) groups is 2. The molecule has 4 heteroatoms. The zero-order chi connectivity index (χ0) is 22.1. The van der Waals surface area contributed by atoms with E-state index in [0.29, 0.717) is 31.8 Å². The number of benzene rings is 2. The van der Waals surface area contributed by atoms with Crippen molar-refractivity contribution in [2.24, 2.45) is 0 Å². The fourth-order valence-corrected chi connectivity index (χ4v) is 3.45. The first-order chi connectivity index (χ1) is 14.3. The van der Waals surface area contributed by atoms with E-state index in [9.17, 15) is 9.59 Å². The van der Waals surface area contributed by atoms with Crippen LogP contribution in [-0.4, -0.2) is 29.3 Å². The summed E-state index contributed by atoms with van der Waals surface area (Å²) in [5.74, 6) is 0.399. The van der Waals surface area contributed by atoms with Gasteiger partial charge in [0.05, 0.1) is 0 Å². The zero-order valence-electron chi connectivity index (χ0n) is 19.1. The summed E-state index contributed by atoms with van der Waals surface area (Å²) < 4.78 is 0. The van der Waals surface area contributed by atoms with Gasteiger partial charge in [0.2, 0.25) is 11.8 Å². The van der Waals surface area contributed by atoms with Crippen LogP contribution < -0.4 is 5.32 Å². The standard InChI is InChI=1S/C26H36N2O2/c1-6-16-27-26(30)21(5)28(18-23-9-7-8-20(4)17-23)25(29)15-12-22-10-13-24(14-11-22)19(2)3/h7-11,13-14,17,19,21H,6,12,15-16,18H2,1-5H3,(H,27,30). The van der Waals surface area contributed by atoms with E-state index in [1.54, 1.807) is 4.90 Å². The number of hydrogen-bond donors (Lipinski definition) is 1. The molecule has 0 spiro atoms. The molecule has 2 amide bonds. The smallest absolute Gasteiger partial charge is 0.242 e. The van der Waals surface area contributed by atoms with Crippen molar-refractivity contribution >= 4 is 11.8 Å². The predicted octanol–water partition coefficient (Wildman–Crippen LogP) is 4.99. The molecule has 0 aromatic heterocycles. The molecule has 4 nitrogen and oxygen atoms in total. The van der Waals surface area contributed by atoms with E-state index in [0.717, 1.165) is 23.1 Å². The predicted molar refractivity (Wildman–Crippen MR) is 123 cm³/mol. The molecular weight excluding hydrogens is 372 g/mol. The number of nitrogens with one attached hydrogen (secondary N) is 1. The SMILES string of the molecule is CCCNC(=O)C(C)N(Cc1cccc(C)c1)C(=O)CCc1ccc(C(C)C)cc1. The van der Waals surface area contributed by atoms with Gasteiger partial charge >= 0.3 is 0 Å². The summed E-state index contributed by atoms with van der Waals surface area (Å²) in [5.41, 5.74) is 4.63. The Labute approximate surface area is 181 Å². The minimum absolute atomic E-state index is 0.00332. The summed E-state index contributed by atoms with van der Waals surface area (Å²) in [5, 5.41) is 2.92. The second kappa shape index (κ2) is 11.5. The normalized spacial score (nSPS) is 11.9. The first kappa shape index (κ1) is 23.7. The van der Waals surface area contributed by atoms with Crippen molar-refractivity contribution in [1.29, 1.82) is 0 Å². The van der Waals surface area contributed by atoms with Crippen LogP contribution in [0.3, 0.4) is 0 Å². The summed E-state index contributed by atoms with van der Waals surface area (Å²) >= 11 is 0. The molecule has 1 N–H and O–H groups in total. The Bertz CT molecular complexity index is 827. The number of amides is 2. The van der Waals surface area contributed by atoms with E-state index in [4.69, 9.17) is 0 Å². The van der Waals surface area contributed by atoms with Gasteiger partial charge in [-0.2, -0.15) is 0 Å². The first-order valence-corrected chi connectivity index (χ1v) is 11.0. The van der Waals surface area contributed by atoms with Crippen molar-refractivity contribution in [1.82, 2.24) is 10.2 Å². The highest BCUT2D eigenvalue weighted by molar-refractivity contribution is 5.87. The van der Waals surface area contributed by atoms with Crippen molar-refractivity contribution in [3.05, 3.63) is 70.8 Å². The van der Waals surface area contributed by atoms with Gasteiger partial charge in [-0.1, -0.05) is 74.9 Å². The van der Waals surface area contributed by atoms with Crippen molar-refractivity contribution in [2.45, 2.75) is 72.4 Å². The average molecular weight is 409 g/mol. The van der Waals surface area contributed by atoms with Crippen LogP contribution in [-0.2, 0) is 22.6 Å².